The number of ether oxygens (including phenoxy) is 2. The van der Waals surface area contributed by atoms with Crippen LogP contribution in [-0.2, 0) is 0 Å². The predicted octanol–water partition coefficient (Wildman–Crippen LogP) is 6.24. The lowest BCUT2D eigenvalue weighted by molar-refractivity contribution is 0.273. The molecular weight excluding hydrogens is 490 g/mol. The molecule has 0 saturated carbocycles. The second kappa shape index (κ2) is 11.1. The van der Waals surface area contributed by atoms with Crippen LogP contribution < -0.4 is 19.7 Å². The fourth-order valence-corrected chi connectivity index (χ4v) is 4.70. The molecule has 9 nitrogen and oxygen atoms in total. The molecule has 1 N–H and O–H groups in total. The van der Waals surface area contributed by atoms with Gasteiger partial charge in [-0.05, 0) is 56.5 Å². The lowest BCUT2D eigenvalue weighted by Crippen LogP contribution is -2.29. The lowest BCUT2D eigenvalue weighted by atomic mass is 10.1. The van der Waals surface area contributed by atoms with E-state index < -0.39 is 0 Å². The van der Waals surface area contributed by atoms with Gasteiger partial charge in [0.05, 0.1) is 17.8 Å². The largest absolute Gasteiger partial charge is 0.489 e. The second-order valence-electron chi connectivity index (χ2n) is 9.99. The van der Waals surface area contributed by atoms with Gasteiger partial charge < -0.3 is 19.7 Å². The van der Waals surface area contributed by atoms with Crippen LogP contribution in [-0.4, -0.2) is 45.9 Å². The van der Waals surface area contributed by atoms with Crippen LogP contribution in [0.2, 0.25) is 0 Å². The molecule has 0 fully saturated rings. The van der Waals surface area contributed by atoms with E-state index in [0.29, 0.717) is 29.6 Å². The molecule has 0 saturated heterocycles. The van der Waals surface area contributed by atoms with Crippen molar-refractivity contribution in [3.05, 3.63) is 72.0 Å². The van der Waals surface area contributed by atoms with Crippen LogP contribution in [0.15, 0.2) is 66.0 Å². The highest BCUT2D eigenvalue weighted by Crippen LogP contribution is 2.36. The molecule has 5 rings (SSSR count). The van der Waals surface area contributed by atoms with Crippen LogP contribution in [0.3, 0.4) is 0 Å². The third kappa shape index (κ3) is 5.57. The Hall–Kier alpha value is -4.40. The number of fused-ring (bicyclic) bond motifs is 2. The first kappa shape index (κ1) is 26.2. The molecule has 0 bridgehead atoms. The van der Waals surface area contributed by atoms with Crippen molar-refractivity contribution in [2.45, 2.75) is 41.0 Å². The Morgan fingerprint density at radius 1 is 1.23 bits per heavy atom. The average Bonchev–Trinajstić information content (AvgIpc) is 3.06. The number of aryl methyl sites for hydroxylation is 2. The van der Waals surface area contributed by atoms with Crippen LogP contribution >= 0.6 is 0 Å². The molecule has 9 heteroatoms. The Balaban J connectivity index is 1.43. The summed E-state index contributed by atoms with van der Waals surface area (Å²) in [4.78, 5) is 16.4. The molecule has 39 heavy (non-hydrogen) atoms. The van der Waals surface area contributed by atoms with E-state index in [1.165, 1.54) is 0 Å². The first-order valence-electron chi connectivity index (χ1n) is 13.3. The van der Waals surface area contributed by atoms with E-state index in [0.717, 1.165) is 64.9 Å². The summed E-state index contributed by atoms with van der Waals surface area (Å²) in [5.41, 5.74) is 5.10. The molecule has 1 atom stereocenters. The zero-order chi connectivity index (χ0) is 27.5. The molecule has 2 aliphatic heterocycles. The van der Waals surface area contributed by atoms with E-state index in [1.807, 2.05) is 51.3 Å². The summed E-state index contributed by atoms with van der Waals surface area (Å²) in [7, 11) is 0. The minimum absolute atomic E-state index is 0.408. The number of nitrogens with one attached hydrogen (secondary N) is 1. The van der Waals surface area contributed by atoms with Crippen molar-refractivity contribution in [3.8, 4) is 11.5 Å². The maximum absolute atomic E-state index is 6.21. The number of hydrogen-bond acceptors (Lipinski definition) is 9. The van der Waals surface area contributed by atoms with Crippen LogP contribution in [0.1, 0.15) is 38.3 Å². The molecule has 0 amide bonds. The smallest absolute Gasteiger partial charge is 0.172 e. The van der Waals surface area contributed by atoms with Gasteiger partial charge in [-0.2, -0.15) is 5.10 Å². The number of benzene rings is 1. The highest BCUT2D eigenvalue weighted by Gasteiger charge is 2.23. The molecule has 4 heterocycles. The zero-order valence-corrected chi connectivity index (χ0v) is 23.2. The molecule has 3 aromatic rings. The third-order valence-electron chi connectivity index (χ3n) is 6.63. The molecule has 1 aromatic carbocycles. The van der Waals surface area contributed by atoms with Crippen molar-refractivity contribution in [2.24, 2.45) is 11.0 Å². The van der Waals surface area contributed by atoms with E-state index in [4.69, 9.17) is 14.5 Å². The van der Waals surface area contributed by atoms with Gasteiger partial charge in [0.2, 0.25) is 0 Å². The van der Waals surface area contributed by atoms with Crippen molar-refractivity contribution < 1.29 is 9.47 Å². The van der Waals surface area contributed by atoms with Gasteiger partial charge >= 0.3 is 0 Å². The first-order valence-corrected chi connectivity index (χ1v) is 13.3. The molecular formula is C30H35N7O2. The van der Waals surface area contributed by atoms with E-state index in [9.17, 15) is 0 Å². The van der Waals surface area contributed by atoms with Gasteiger partial charge in [-0.25, -0.2) is 20.0 Å². The van der Waals surface area contributed by atoms with Gasteiger partial charge in [-0.3, -0.25) is 0 Å². The topological polar surface area (TPSA) is 88.0 Å². The minimum Gasteiger partial charge on any atom is -0.489 e. The summed E-state index contributed by atoms with van der Waals surface area (Å²) in [6.07, 6.45) is 9.87. The maximum Gasteiger partial charge on any atom is 0.172 e. The monoisotopic (exact) mass is 525 g/mol. The maximum atomic E-state index is 6.21. The van der Waals surface area contributed by atoms with E-state index in [1.54, 1.807) is 17.6 Å². The van der Waals surface area contributed by atoms with Crippen molar-refractivity contribution in [2.75, 3.05) is 29.9 Å². The first-order chi connectivity index (χ1) is 18.9. The second-order valence-corrected chi connectivity index (χ2v) is 9.99. The van der Waals surface area contributed by atoms with Crippen molar-refractivity contribution in [1.82, 2.24) is 20.0 Å². The van der Waals surface area contributed by atoms with Crippen molar-refractivity contribution >= 4 is 34.6 Å². The number of hydrazone groups is 1. The highest BCUT2D eigenvalue weighted by atomic mass is 16.5. The Morgan fingerprint density at radius 3 is 2.85 bits per heavy atom. The summed E-state index contributed by atoms with van der Waals surface area (Å²) in [6.45, 7) is 16.8. The minimum atomic E-state index is 0.408. The Bertz CT molecular complexity index is 1490. The summed E-state index contributed by atoms with van der Waals surface area (Å²) in [5.74, 6) is 4.15. The number of anilines is 3. The molecule has 2 aliphatic rings. The van der Waals surface area contributed by atoms with E-state index >= 15 is 0 Å². The fourth-order valence-electron chi connectivity index (χ4n) is 4.70. The van der Waals surface area contributed by atoms with Gasteiger partial charge in [0, 0.05) is 49.3 Å². The van der Waals surface area contributed by atoms with Crippen LogP contribution in [0.5, 0.6) is 11.5 Å². The molecule has 0 radical (unpaired) electrons. The number of allylic oxidation sites excluding steroid dienone is 2. The summed E-state index contributed by atoms with van der Waals surface area (Å²) in [6, 6.07) is 6.06. The van der Waals surface area contributed by atoms with Gasteiger partial charge in [-0.15, -0.1) is 0 Å². The summed E-state index contributed by atoms with van der Waals surface area (Å²) in [5, 5.41) is 9.44. The number of hydrogen-bond donors (Lipinski definition) is 1. The number of nitrogens with zero attached hydrogens (tertiary/aromatic N) is 6. The number of pyridine rings is 1. The molecule has 0 aliphatic carbocycles. The van der Waals surface area contributed by atoms with Gasteiger partial charge in [-0.1, -0.05) is 20.4 Å². The van der Waals surface area contributed by atoms with Crippen LogP contribution in [0.4, 0.5) is 17.3 Å². The Kier molecular flexibility index (Phi) is 7.49. The zero-order valence-electron chi connectivity index (χ0n) is 23.2. The van der Waals surface area contributed by atoms with Crippen LogP contribution in [0, 0.1) is 19.8 Å². The Labute approximate surface area is 229 Å². The van der Waals surface area contributed by atoms with Gasteiger partial charge in [0.1, 0.15) is 23.4 Å². The fraction of sp³-hybridized carbons (Fsp3) is 0.333. The van der Waals surface area contributed by atoms with E-state index in [-0.39, 0.29) is 0 Å². The number of rotatable bonds is 7. The van der Waals surface area contributed by atoms with Gasteiger partial charge in [0.25, 0.3) is 0 Å². The normalized spacial score (nSPS) is 17.2. The molecule has 0 spiro atoms. The Morgan fingerprint density at radius 2 is 2.08 bits per heavy atom. The standard InChI is InChI=1S/C30H35N7O2/c1-7-10-36-16-19(3)17-38-27-15-25-28(35-30(27)36)29(32-18-31-25)34-24-12-21(5)26(13-20(24)4)39-23-9-11-37(33-8-2)22(6)14-23/h8-9,11-15,18-19H,6-7,10,16-17H2,1-5H3,(H,31,32,34)/b33-8-. The molecule has 2 aromatic heterocycles. The summed E-state index contributed by atoms with van der Waals surface area (Å²) >= 11 is 0. The van der Waals surface area contributed by atoms with Crippen molar-refractivity contribution in [3.63, 3.8) is 0 Å². The third-order valence-corrected chi connectivity index (χ3v) is 6.63. The van der Waals surface area contributed by atoms with Gasteiger partial charge in [0.15, 0.2) is 17.4 Å². The summed E-state index contributed by atoms with van der Waals surface area (Å²) < 4.78 is 12.3. The average molecular weight is 526 g/mol. The molecule has 202 valence electrons. The quantitative estimate of drug-likeness (QED) is 0.363. The lowest BCUT2D eigenvalue weighted by Gasteiger charge is -2.24. The van der Waals surface area contributed by atoms with Crippen molar-refractivity contribution in [1.29, 1.82) is 0 Å². The SMILES string of the molecule is C=C1C=C(Oc2cc(C)c(Nc3ncnc4cc5c(nc34)N(CCC)CC(C)CO5)cc2C)C=CN1/N=C\C. The van der Waals surface area contributed by atoms with Crippen LogP contribution in [0.25, 0.3) is 11.0 Å². The van der Waals surface area contributed by atoms with E-state index in [2.05, 4.69) is 51.8 Å². The number of aromatic nitrogens is 3. The highest BCUT2D eigenvalue weighted by molar-refractivity contribution is 5.90. The predicted molar refractivity (Wildman–Crippen MR) is 157 cm³/mol. The molecule has 1 unspecified atom stereocenters.